The molecule has 1 aliphatic heterocycles. The molecule has 0 aliphatic carbocycles. The molecule has 1 heterocycles. The molecule has 1 amide bonds. The van der Waals surface area contributed by atoms with Crippen LogP contribution in [-0.2, 0) is 34.0 Å². The highest BCUT2D eigenvalue weighted by Crippen LogP contribution is 2.33. The number of nitrogens with zero attached hydrogens (tertiary/aromatic N) is 1. The molecule has 1 N–H and O–H groups in total. The van der Waals surface area contributed by atoms with Gasteiger partial charge >= 0.3 is 6.18 Å². The van der Waals surface area contributed by atoms with E-state index in [9.17, 15) is 26.4 Å². The van der Waals surface area contributed by atoms with Crippen molar-refractivity contribution in [1.82, 2.24) is 4.31 Å². The van der Waals surface area contributed by atoms with Crippen LogP contribution >= 0.6 is 0 Å². The molecule has 1 aliphatic rings. The van der Waals surface area contributed by atoms with Gasteiger partial charge < -0.3 is 5.32 Å². The van der Waals surface area contributed by atoms with Gasteiger partial charge in [0.25, 0.3) is 0 Å². The summed E-state index contributed by atoms with van der Waals surface area (Å²) >= 11 is 0. The molecule has 0 saturated carbocycles. The molecular weight excluding hydrogens is 489 g/mol. The minimum atomic E-state index is -4.57. The van der Waals surface area contributed by atoms with Crippen molar-refractivity contribution in [2.75, 3.05) is 5.32 Å². The number of amides is 1. The summed E-state index contributed by atoms with van der Waals surface area (Å²) in [5.74, 6) is -0.701. The third-order valence-corrected chi connectivity index (χ3v) is 8.14. The molecule has 9 heteroatoms. The van der Waals surface area contributed by atoms with Gasteiger partial charge in [-0.25, -0.2) is 8.42 Å². The Bertz CT molecular complexity index is 1570. The lowest BCUT2D eigenvalue weighted by Crippen LogP contribution is -2.50. The molecule has 0 fully saturated rings. The van der Waals surface area contributed by atoms with Gasteiger partial charge in [-0.15, -0.1) is 0 Å². The average Bonchev–Trinajstić information content (AvgIpc) is 2.87. The Hall–Kier alpha value is -3.69. The number of anilines is 1. The first-order valence-corrected chi connectivity index (χ1v) is 12.6. The van der Waals surface area contributed by atoms with E-state index in [0.717, 1.165) is 38.3 Å². The molecule has 5 rings (SSSR count). The van der Waals surface area contributed by atoms with E-state index < -0.39 is 33.7 Å². The third kappa shape index (κ3) is 4.59. The van der Waals surface area contributed by atoms with Crippen molar-refractivity contribution in [3.8, 4) is 0 Å². The second kappa shape index (κ2) is 9.07. The molecule has 1 atom stereocenters. The van der Waals surface area contributed by atoms with Crippen LogP contribution in [0.25, 0.3) is 10.8 Å². The number of fused-ring (bicyclic) bond motifs is 2. The Morgan fingerprint density at radius 2 is 1.53 bits per heavy atom. The van der Waals surface area contributed by atoms with E-state index in [4.69, 9.17) is 0 Å². The van der Waals surface area contributed by atoms with Crippen molar-refractivity contribution in [2.45, 2.75) is 30.1 Å². The molecule has 5 nitrogen and oxygen atoms in total. The fourth-order valence-corrected chi connectivity index (χ4v) is 6.04. The van der Waals surface area contributed by atoms with E-state index >= 15 is 0 Å². The number of rotatable bonds is 4. The van der Waals surface area contributed by atoms with E-state index in [1.807, 2.05) is 18.2 Å². The molecular formula is C27H21F3N2O3S. The van der Waals surface area contributed by atoms with Gasteiger partial charge in [0.2, 0.25) is 15.9 Å². The Morgan fingerprint density at radius 1 is 0.833 bits per heavy atom. The van der Waals surface area contributed by atoms with Gasteiger partial charge in [0.1, 0.15) is 6.04 Å². The van der Waals surface area contributed by atoms with Crippen LogP contribution in [0.2, 0.25) is 0 Å². The number of carbonyl (C=O) groups excluding carboxylic acids is 1. The van der Waals surface area contributed by atoms with Crippen molar-refractivity contribution in [2.24, 2.45) is 0 Å². The molecule has 0 aromatic heterocycles. The van der Waals surface area contributed by atoms with Crippen LogP contribution in [0.15, 0.2) is 95.9 Å². The van der Waals surface area contributed by atoms with Crippen LogP contribution < -0.4 is 5.32 Å². The maximum Gasteiger partial charge on any atom is 0.416 e. The van der Waals surface area contributed by atoms with Crippen LogP contribution in [-0.4, -0.2) is 24.7 Å². The quantitative estimate of drug-likeness (QED) is 0.388. The zero-order valence-electron chi connectivity index (χ0n) is 18.9. The van der Waals surface area contributed by atoms with Gasteiger partial charge in [-0.2, -0.15) is 17.5 Å². The first-order valence-electron chi connectivity index (χ1n) is 11.2. The predicted molar refractivity (Wildman–Crippen MR) is 131 cm³/mol. The normalized spacial score (nSPS) is 16.5. The lowest BCUT2D eigenvalue weighted by molar-refractivity contribution is -0.137. The van der Waals surface area contributed by atoms with Crippen molar-refractivity contribution in [1.29, 1.82) is 0 Å². The molecule has 1 unspecified atom stereocenters. The average molecular weight is 511 g/mol. The lowest BCUT2D eigenvalue weighted by atomic mass is 9.95. The Balaban J connectivity index is 1.52. The molecule has 184 valence electrons. The molecule has 0 spiro atoms. The maximum absolute atomic E-state index is 13.8. The van der Waals surface area contributed by atoms with Gasteiger partial charge in [0.05, 0.1) is 10.5 Å². The lowest BCUT2D eigenvalue weighted by Gasteiger charge is -2.35. The van der Waals surface area contributed by atoms with E-state index in [1.165, 1.54) is 18.2 Å². The standard InChI is InChI=1S/C27H21F3N2O3S/c28-27(29,30)22-10-5-11-23(16-22)31-26(33)25-15-20-8-3-4-9-21(20)17-32(25)36(34,35)24-13-12-18-6-1-2-7-19(18)14-24/h1-14,16,25H,15,17H2,(H,31,33). The second-order valence-electron chi connectivity index (χ2n) is 8.62. The molecule has 4 aromatic carbocycles. The van der Waals surface area contributed by atoms with Crippen molar-refractivity contribution >= 4 is 32.4 Å². The summed E-state index contributed by atoms with van der Waals surface area (Å²) in [6.07, 6.45) is -4.48. The zero-order valence-corrected chi connectivity index (χ0v) is 19.7. The van der Waals surface area contributed by atoms with Crippen molar-refractivity contribution in [3.63, 3.8) is 0 Å². The highest BCUT2D eigenvalue weighted by atomic mass is 32.2. The van der Waals surface area contributed by atoms with Gasteiger partial charge in [-0.05, 0) is 58.7 Å². The number of halogens is 3. The monoisotopic (exact) mass is 510 g/mol. The fourth-order valence-electron chi connectivity index (χ4n) is 4.44. The first-order chi connectivity index (χ1) is 17.1. The molecule has 0 bridgehead atoms. The highest BCUT2D eigenvalue weighted by molar-refractivity contribution is 7.89. The van der Waals surface area contributed by atoms with Crippen LogP contribution in [0, 0.1) is 0 Å². The van der Waals surface area contributed by atoms with E-state index in [1.54, 1.807) is 42.5 Å². The van der Waals surface area contributed by atoms with Crippen molar-refractivity contribution < 1.29 is 26.4 Å². The Morgan fingerprint density at radius 3 is 2.28 bits per heavy atom. The number of sulfonamides is 1. The third-order valence-electron chi connectivity index (χ3n) is 6.29. The number of hydrogen-bond donors (Lipinski definition) is 1. The number of nitrogens with one attached hydrogen (secondary N) is 1. The summed E-state index contributed by atoms with van der Waals surface area (Å²) in [6.45, 7) is -0.0357. The Kier molecular flexibility index (Phi) is 6.05. The Labute approximate surface area is 206 Å². The first kappa shape index (κ1) is 24.0. The zero-order chi connectivity index (χ0) is 25.5. The summed E-state index contributed by atoms with van der Waals surface area (Å²) in [4.78, 5) is 13.4. The van der Waals surface area contributed by atoms with Crippen LogP contribution in [0.3, 0.4) is 0 Å². The maximum atomic E-state index is 13.8. The summed E-state index contributed by atoms with van der Waals surface area (Å²) in [7, 11) is -4.12. The number of carbonyl (C=O) groups is 1. The molecule has 0 radical (unpaired) electrons. The summed E-state index contributed by atoms with van der Waals surface area (Å²) in [5.41, 5.74) is 0.614. The van der Waals surface area contributed by atoms with Gasteiger partial charge in [-0.3, -0.25) is 4.79 Å². The van der Waals surface area contributed by atoms with Crippen molar-refractivity contribution in [3.05, 3.63) is 108 Å². The van der Waals surface area contributed by atoms with Crippen LogP contribution in [0.1, 0.15) is 16.7 Å². The minimum absolute atomic E-state index is 0.0357. The highest BCUT2D eigenvalue weighted by Gasteiger charge is 2.40. The largest absolute Gasteiger partial charge is 0.416 e. The SMILES string of the molecule is O=C(Nc1cccc(C(F)(F)F)c1)C1Cc2ccccc2CN1S(=O)(=O)c1ccc2ccccc2c1. The molecule has 0 saturated heterocycles. The fraction of sp³-hybridized carbons (Fsp3) is 0.148. The number of hydrogen-bond acceptors (Lipinski definition) is 3. The number of alkyl halides is 3. The van der Waals surface area contributed by atoms with Gasteiger partial charge in [-0.1, -0.05) is 60.7 Å². The van der Waals surface area contributed by atoms with E-state index in [0.29, 0.717) is 0 Å². The topological polar surface area (TPSA) is 66.5 Å². The van der Waals surface area contributed by atoms with Gasteiger partial charge in [0.15, 0.2) is 0 Å². The molecule has 36 heavy (non-hydrogen) atoms. The van der Waals surface area contributed by atoms with Gasteiger partial charge in [0, 0.05) is 12.2 Å². The predicted octanol–water partition coefficient (Wildman–Crippen LogP) is 5.61. The summed E-state index contributed by atoms with van der Waals surface area (Å²) in [5, 5.41) is 4.10. The second-order valence-corrected chi connectivity index (χ2v) is 10.5. The van der Waals surface area contributed by atoms with E-state index in [2.05, 4.69) is 5.32 Å². The molecule has 4 aromatic rings. The summed E-state index contributed by atoms with van der Waals surface area (Å²) < 4.78 is 68.1. The minimum Gasteiger partial charge on any atom is -0.325 e. The smallest absolute Gasteiger partial charge is 0.325 e. The van der Waals surface area contributed by atoms with Crippen LogP contribution in [0.4, 0.5) is 18.9 Å². The van der Waals surface area contributed by atoms with E-state index in [-0.39, 0.29) is 23.5 Å². The summed E-state index contributed by atoms with van der Waals surface area (Å²) in [6, 6.07) is 22.4. The number of benzene rings is 4. The van der Waals surface area contributed by atoms with Crippen LogP contribution in [0.5, 0.6) is 0 Å².